The predicted octanol–water partition coefficient (Wildman–Crippen LogP) is 4.43. The van der Waals surface area contributed by atoms with Crippen LogP contribution in [0.25, 0.3) is 0 Å². The average molecular weight is 253 g/mol. The normalized spacial score (nSPS) is 12.6. The van der Waals surface area contributed by atoms with Crippen LogP contribution >= 0.6 is 11.6 Å². The van der Waals surface area contributed by atoms with Crippen molar-refractivity contribution in [2.75, 3.05) is 5.88 Å². The standard InChI is InChI=1S/C15H21ClO/c1-14(2,3)12-8-6-7-11(9-12)13(17)15(4,5)10-16/h6-9H,10H2,1-5H3. The smallest absolute Gasteiger partial charge is 0.169 e. The van der Waals surface area contributed by atoms with Gasteiger partial charge in [-0.15, -0.1) is 11.6 Å². The van der Waals surface area contributed by atoms with Crippen molar-refractivity contribution in [3.8, 4) is 0 Å². The number of carbonyl (C=O) groups is 1. The van der Waals surface area contributed by atoms with E-state index in [-0.39, 0.29) is 11.2 Å². The van der Waals surface area contributed by atoms with Crippen molar-refractivity contribution in [2.24, 2.45) is 5.41 Å². The van der Waals surface area contributed by atoms with Gasteiger partial charge in [0, 0.05) is 16.9 Å². The van der Waals surface area contributed by atoms with Gasteiger partial charge in [0.15, 0.2) is 5.78 Å². The van der Waals surface area contributed by atoms with E-state index in [1.54, 1.807) is 0 Å². The number of benzene rings is 1. The zero-order valence-corrected chi connectivity index (χ0v) is 12.1. The lowest BCUT2D eigenvalue weighted by molar-refractivity contribution is 0.0862. The molecule has 0 saturated heterocycles. The molecule has 1 nitrogen and oxygen atoms in total. The third kappa shape index (κ3) is 3.32. The summed E-state index contributed by atoms with van der Waals surface area (Å²) in [5.41, 5.74) is 1.48. The van der Waals surface area contributed by atoms with Crippen LogP contribution in [-0.2, 0) is 5.41 Å². The van der Waals surface area contributed by atoms with Crippen molar-refractivity contribution in [1.29, 1.82) is 0 Å². The van der Waals surface area contributed by atoms with Gasteiger partial charge >= 0.3 is 0 Å². The number of ketones is 1. The number of hydrogen-bond donors (Lipinski definition) is 0. The van der Waals surface area contributed by atoms with Crippen LogP contribution in [0.5, 0.6) is 0 Å². The van der Waals surface area contributed by atoms with Gasteiger partial charge in [-0.05, 0) is 17.0 Å². The number of carbonyl (C=O) groups excluding carboxylic acids is 1. The summed E-state index contributed by atoms with van der Waals surface area (Å²) in [4.78, 5) is 12.3. The lowest BCUT2D eigenvalue weighted by Gasteiger charge is -2.23. The van der Waals surface area contributed by atoms with Crippen LogP contribution in [0.3, 0.4) is 0 Å². The van der Waals surface area contributed by atoms with E-state index in [0.717, 1.165) is 5.56 Å². The Balaban J connectivity index is 3.13. The van der Waals surface area contributed by atoms with E-state index in [9.17, 15) is 4.79 Å². The molecule has 0 unspecified atom stereocenters. The highest BCUT2D eigenvalue weighted by atomic mass is 35.5. The lowest BCUT2D eigenvalue weighted by Crippen LogP contribution is -2.26. The molecule has 0 aliphatic carbocycles. The van der Waals surface area contributed by atoms with Gasteiger partial charge in [0.1, 0.15) is 0 Å². The third-order valence-corrected chi connectivity index (χ3v) is 3.61. The highest BCUT2D eigenvalue weighted by Crippen LogP contribution is 2.27. The Labute approximate surface area is 109 Å². The fraction of sp³-hybridized carbons (Fsp3) is 0.533. The second-order valence-corrected chi connectivity index (χ2v) is 6.44. The molecular formula is C15H21ClO. The molecule has 0 aliphatic rings. The molecule has 0 bridgehead atoms. The number of rotatable bonds is 3. The maximum absolute atomic E-state index is 12.3. The first-order valence-corrected chi connectivity index (χ1v) is 6.43. The number of halogens is 1. The first-order chi connectivity index (χ1) is 7.68. The van der Waals surface area contributed by atoms with Crippen LogP contribution in [0.2, 0.25) is 0 Å². The van der Waals surface area contributed by atoms with E-state index < -0.39 is 5.41 Å². The Morgan fingerprint density at radius 3 is 2.24 bits per heavy atom. The molecule has 17 heavy (non-hydrogen) atoms. The van der Waals surface area contributed by atoms with E-state index in [4.69, 9.17) is 11.6 Å². The number of hydrogen-bond acceptors (Lipinski definition) is 1. The van der Waals surface area contributed by atoms with Crippen LogP contribution in [-0.4, -0.2) is 11.7 Å². The first kappa shape index (κ1) is 14.2. The van der Waals surface area contributed by atoms with Crippen LogP contribution in [0.1, 0.15) is 50.5 Å². The molecule has 2 heteroatoms. The fourth-order valence-corrected chi connectivity index (χ4v) is 1.70. The number of Topliss-reactive ketones (excluding diaryl/α,β-unsaturated/α-hetero) is 1. The molecule has 0 heterocycles. The van der Waals surface area contributed by atoms with Crippen molar-refractivity contribution in [2.45, 2.75) is 40.0 Å². The molecule has 0 amide bonds. The summed E-state index contributed by atoms with van der Waals surface area (Å²) < 4.78 is 0. The second-order valence-electron chi connectivity index (χ2n) is 6.18. The van der Waals surface area contributed by atoms with Gasteiger partial charge in [-0.25, -0.2) is 0 Å². The zero-order valence-electron chi connectivity index (χ0n) is 11.3. The minimum atomic E-state index is -0.502. The lowest BCUT2D eigenvalue weighted by atomic mass is 9.82. The van der Waals surface area contributed by atoms with E-state index in [0.29, 0.717) is 5.88 Å². The summed E-state index contributed by atoms with van der Waals surface area (Å²) >= 11 is 5.85. The van der Waals surface area contributed by atoms with Gasteiger partial charge in [0.25, 0.3) is 0 Å². The van der Waals surface area contributed by atoms with Crippen LogP contribution < -0.4 is 0 Å². The summed E-state index contributed by atoms with van der Waals surface area (Å²) in [5, 5.41) is 0. The van der Waals surface area contributed by atoms with E-state index in [2.05, 4.69) is 26.8 Å². The van der Waals surface area contributed by atoms with Gasteiger partial charge in [0.05, 0.1) is 0 Å². The minimum Gasteiger partial charge on any atom is -0.294 e. The van der Waals surface area contributed by atoms with Crippen molar-refractivity contribution >= 4 is 17.4 Å². The van der Waals surface area contributed by atoms with E-state index in [1.807, 2.05) is 32.0 Å². The molecule has 1 rings (SSSR count). The molecule has 0 radical (unpaired) electrons. The van der Waals surface area contributed by atoms with E-state index in [1.165, 1.54) is 5.56 Å². The molecule has 94 valence electrons. The van der Waals surface area contributed by atoms with Crippen molar-refractivity contribution in [3.63, 3.8) is 0 Å². The summed E-state index contributed by atoms with van der Waals surface area (Å²) in [6.45, 7) is 10.2. The molecule has 1 aromatic rings. The average Bonchev–Trinajstić information content (AvgIpc) is 2.27. The highest BCUT2D eigenvalue weighted by molar-refractivity contribution is 6.21. The first-order valence-electron chi connectivity index (χ1n) is 5.90. The Bertz CT molecular complexity index is 413. The molecular weight excluding hydrogens is 232 g/mol. The van der Waals surface area contributed by atoms with Crippen LogP contribution in [0.15, 0.2) is 24.3 Å². The van der Waals surface area contributed by atoms with Crippen molar-refractivity contribution < 1.29 is 4.79 Å². The number of alkyl halides is 1. The maximum Gasteiger partial charge on any atom is 0.169 e. The van der Waals surface area contributed by atoms with E-state index >= 15 is 0 Å². The summed E-state index contributed by atoms with van der Waals surface area (Å²) in [6.07, 6.45) is 0. The Hall–Kier alpha value is -0.820. The second kappa shape index (κ2) is 4.81. The van der Waals surface area contributed by atoms with Gasteiger partial charge in [-0.2, -0.15) is 0 Å². The quantitative estimate of drug-likeness (QED) is 0.575. The SMILES string of the molecule is CC(C)(CCl)C(=O)c1cccc(C(C)(C)C)c1. The molecule has 0 spiro atoms. The van der Waals surface area contributed by atoms with Gasteiger partial charge in [-0.3, -0.25) is 4.79 Å². The van der Waals surface area contributed by atoms with Gasteiger partial charge in [-0.1, -0.05) is 52.8 Å². The van der Waals surface area contributed by atoms with Crippen molar-refractivity contribution in [3.05, 3.63) is 35.4 Å². The summed E-state index contributed by atoms with van der Waals surface area (Å²) in [6, 6.07) is 7.85. The molecule has 0 N–H and O–H groups in total. The Morgan fingerprint density at radius 1 is 1.18 bits per heavy atom. The van der Waals surface area contributed by atoms with Crippen molar-refractivity contribution in [1.82, 2.24) is 0 Å². The fourth-order valence-electron chi connectivity index (χ4n) is 1.58. The largest absolute Gasteiger partial charge is 0.294 e. The Kier molecular flexibility index (Phi) is 4.03. The molecule has 0 aliphatic heterocycles. The predicted molar refractivity (Wildman–Crippen MR) is 74.0 cm³/mol. The summed E-state index contributed by atoms with van der Waals surface area (Å²) in [5.74, 6) is 0.449. The Morgan fingerprint density at radius 2 is 1.76 bits per heavy atom. The summed E-state index contributed by atoms with van der Waals surface area (Å²) in [7, 11) is 0. The molecule has 0 fully saturated rings. The molecule has 0 atom stereocenters. The molecule has 1 aromatic carbocycles. The monoisotopic (exact) mass is 252 g/mol. The molecule has 0 saturated carbocycles. The minimum absolute atomic E-state index is 0.0569. The third-order valence-electron chi connectivity index (χ3n) is 2.94. The van der Waals surface area contributed by atoms with Crippen LogP contribution in [0, 0.1) is 5.41 Å². The van der Waals surface area contributed by atoms with Crippen LogP contribution in [0.4, 0.5) is 0 Å². The molecule has 0 aromatic heterocycles. The zero-order chi connectivity index (χ0) is 13.3. The highest BCUT2D eigenvalue weighted by Gasteiger charge is 2.28. The maximum atomic E-state index is 12.3. The van der Waals surface area contributed by atoms with Gasteiger partial charge < -0.3 is 0 Å². The van der Waals surface area contributed by atoms with Gasteiger partial charge in [0.2, 0.25) is 0 Å². The topological polar surface area (TPSA) is 17.1 Å².